The molecule has 1 saturated heterocycles. The minimum Gasteiger partial charge on any atom is -0.496 e. The number of aryl methyl sites for hydroxylation is 1. The van der Waals surface area contributed by atoms with Crippen molar-refractivity contribution in [2.45, 2.75) is 39.0 Å². The molecule has 0 radical (unpaired) electrons. The second kappa shape index (κ2) is 14.0. The molecule has 2 N–H and O–H groups in total. The van der Waals surface area contributed by atoms with Gasteiger partial charge in [0.25, 0.3) is 0 Å². The van der Waals surface area contributed by atoms with Crippen LogP contribution in [0.25, 0.3) is 0 Å². The van der Waals surface area contributed by atoms with E-state index in [1.54, 1.807) is 0 Å². The molecule has 0 aromatic heterocycles. The first kappa shape index (κ1) is 32.9. The average Bonchev–Trinajstić information content (AvgIpc) is 2.93. The normalized spacial score (nSPS) is 13.1. The second-order valence-corrected chi connectivity index (χ2v) is 10.4. The summed E-state index contributed by atoms with van der Waals surface area (Å²) in [6, 6.07) is 13.6. The molecule has 0 bridgehead atoms. The Kier molecular flexibility index (Phi) is 11.0. The number of benzene rings is 3. The van der Waals surface area contributed by atoms with Crippen molar-refractivity contribution in [2.75, 3.05) is 35.5 Å². The van der Waals surface area contributed by atoms with E-state index in [0.29, 0.717) is 15.7 Å². The zero-order valence-corrected chi connectivity index (χ0v) is 25.2. The summed E-state index contributed by atoms with van der Waals surface area (Å²) < 4.78 is 47.9. The lowest BCUT2D eigenvalue weighted by Gasteiger charge is -2.33. The largest absolute Gasteiger partial charge is 0.573 e. The molecule has 0 saturated carbocycles. The Balaban J connectivity index is 0.00000484. The maximum absolute atomic E-state index is 13.9. The van der Waals surface area contributed by atoms with E-state index in [9.17, 15) is 27.9 Å². The molecule has 8 nitrogen and oxygen atoms in total. The number of amides is 1. The molecule has 4 rings (SSSR count). The third kappa shape index (κ3) is 8.01. The standard InChI is InChI=1S/C29H29BrF3N3O5.ClH/c1-18-7-6-8-24(35-13-4-3-5-14-35)27(18)34-36(20-9-11-21(12-10-20)41-29(31,32)33)26(37)16-19-15-25(40-2)22(28(38)39)17-23(19)30;/h6-12,15,17,34H,3-5,13-14,16H2,1-2H3,(H,38,39);1H. The van der Waals surface area contributed by atoms with Gasteiger partial charge in [0.1, 0.15) is 17.1 Å². The highest BCUT2D eigenvalue weighted by Crippen LogP contribution is 2.34. The fourth-order valence-corrected chi connectivity index (χ4v) is 5.17. The average molecular weight is 673 g/mol. The number of carboxylic acid groups (broad SMARTS) is 1. The van der Waals surface area contributed by atoms with Gasteiger partial charge in [-0.2, -0.15) is 0 Å². The molecule has 3 aromatic carbocycles. The molecule has 13 heteroatoms. The van der Waals surface area contributed by atoms with E-state index in [1.807, 2.05) is 25.1 Å². The fourth-order valence-electron chi connectivity index (χ4n) is 4.68. The Hall–Kier alpha value is -3.64. The number of alkyl halides is 3. The zero-order chi connectivity index (χ0) is 29.7. The Bertz CT molecular complexity index is 1420. The summed E-state index contributed by atoms with van der Waals surface area (Å²) in [5.41, 5.74) is 6.37. The highest BCUT2D eigenvalue weighted by Gasteiger charge is 2.31. The molecule has 42 heavy (non-hydrogen) atoms. The molecule has 1 fully saturated rings. The van der Waals surface area contributed by atoms with Crippen LogP contribution in [0.5, 0.6) is 11.5 Å². The van der Waals surface area contributed by atoms with Crippen molar-refractivity contribution < 1.29 is 37.3 Å². The monoisotopic (exact) mass is 671 g/mol. The van der Waals surface area contributed by atoms with Gasteiger partial charge in [-0.25, -0.2) is 9.80 Å². The molecule has 226 valence electrons. The number of carboxylic acids is 1. The number of carbonyl (C=O) groups excluding carboxylic acids is 1. The minimum atomic E-state index is -4.85. The highest BCUT2D eigenvalue weighted by atomic mass is 79.9. The number of hydrazine groups is 1. The van der Waals surface area contributed by atoms with Crippen molar-refractivity contribution in [2.24, 2.45) is 0 Å². The number of piperidine rings is 1. The van der Waals surface area contributed by atoms with E-state index >= 15 is 0 Å². The van der Waals surface area contributed by atoms with Crippen LogP contribution in [-0.4, -0.2) is 43.5 Å². The molecule has 0 unspecified atom stereocenters. The third-order valence-electron chi connectivity index (χ3n) is 6.69. The predicted octanol–water partition coefficient (Wildman–Crippen LogP) is 7.38. The summed E-state index contributed by atoms with van der Waals surface area (Å²) in [6.07, 6.45) is -1.82. The van der Waals surface area contributed by atoms with Gasteiger partial charge in [0.05, 0.1) is 30.6 Å². The van der Waals surface area contributed by atoms with Gasteiger partial charge in [-0.3, -0.25) is 10.2 Å². The van der Waals surface area contributed by atoms with E-state index < -0.39 is 24.0 Å². The first-order valence-corrected chi connectivity index (χ1v) is 13.7. The van der Waals surface area contributed by atoms with Gasteiger partial charge in [-0.1, -0.05) is 28.1 Å². The van der Waals surface area contributed by atoms with Gasteiger partial charge in [0.2, 0.25) is 5.91 Å². The maximum Gasteiger partial charge on any atom is 0.573 e. The summed E-state index contributed by atoms with van der Waals surface area (Å²) in [6.45, 7) is 3.63. The summed E-state index contributed by atoms with van der Waals surface area (Å²) >= 11 is 3.35. The Morgan fingerprint density at radius 1 is 1.07 bits per heavy atom. The van der Waals surface area contributed by atoms with Crippen LogP contribution >= 0.6 is 28.3 Å². The smallest absolute Gasteiger partial charge is 0.496 e. The van der Waals surface area contributed by atoms with Gasteiger partial charge >= 0.3 is 12.3 Å². The lowest BCUT2D eigenvalue weighted by molar-refractivity contribution is -0.274. The molecule has 1 heterocycles. The maximum atomic E-state index is 13.9. The van der Waals surface area contributed by atoms with Crippen LogP contribution in [0.3, 0.4) is 0 Å². The van der Waals surface area contributed by atoms with Gasteiger partial charge in [0.15, 0.2) is 0 Å². The van der Waals surface area contributed by atoms with Crippen LogP contribution in [0.1, 0.15) is 40.7 Å². The third-order valence-corrected chi connectivity index (χ3v) is 7.43. The Labute approximate surface area is 255 Å². The Morgan fingerprint density at radius 2 is 1.74 bits per heavy atom. The highest BCUT2D eigenvalue weighted by molar-refractivity contribution is 9.10. The summed E-state index contributed by atoms with van der Waals surface area (Å²) in [4.78, 5) is 27.7. The van der Waals surface area contributed by atoms with Crippen LogP contribution in [0.15, 0.2) is 59.1 Å². The van der Waals surface area contributed by atoms with E-state index in [1.165, 1.54) is 36.4 Å². The van der Waals surface area contributed by atoms with Crippen LogP contribution < -0.4 is 24.8 Å². The van der Waals surface area contributed by atoms with Gasteiger partial charge in [-0.05, 0) is 79.8 Å². The molecule has 0 spiro atoms. The summed E-state index contributed by atoms with van der Waals surface area (Å²) in [7, 11) is 1.33. The SMILES string of the molecule is COc1cc(CC(=O)N(Nc2c(C)cccc2N2CCCCC2)c2ccc(OC(F)(F)F)cc2)c(Br)cc1C(=O)O.Cl. The van der Waals surface area contributed by atoms with E-state index in [0.717, 1.165) is 55.7 Å². The van der Waals surface area contributed by atoms with Crippen molar-refractivity contribution >= 4 is 57.3 Å². The lowest BCUT2D eigenvalue weighted by Crippen LogP contribution is -2.39. The van der Waals surface area contributed by atoms with Crippen LogP contribution in [0.2, 0.25) is 0 Å². The van der Waals surface area contributed by atoms with Crippen molar-refractivity contribution in [3.8, 4) is 11.5 Å². The molecular weight excluding hydrogens is 643 g/mol. The number of ether oxygens (including phenoxy) is 2. The number of para-hydroxylation sites is 1. The van der Waals surface area contributed by atoms with Crippen molar-refractivity contribution in [3.05, 3.63) is 75.8 Å². The number of nitrogens with zero attached hydrogens (tertiary/aromatic N) is 2. The molecule has 1 amide bonds. The zero-order valence-electron chi connectivity index (χ0n) is 22.8. The van der Waals surface area contributed by atoms with Gasteiger partial charge < -0.3 is 19.5 Å². The minimum absolute atomic E-state index is 0. The van der Waals surface area contributed by atoms with Gasteiger partial charge in [0, 0.05) is 17.6 Å². The molecule has 1 aliphatic rings. The number of aromatic carboxylic acids is 1. The van der Waals surface area contributed by atoms with Gasteiger partial charge in [-0.15, -0.1) is 25.6 Å². The predicted molar refractivity (Wildman–Crippen MR) is 160 cm³/mol. The number of carbonyl (C=O) groups is 2. The summed E-state index contributed by atoms with van der Waals surface area (Å²) in [5, 5.41) is 10.8. The molecule has 0 aliphatic carbocycles. The van der Waals surface area contributed by atoms with Crippen LogP contribution in [0, 0.1) is 6.92 Å². The Morgan fingerprint density at radius 3 is 2.33 bits per heavy atom. The molecule has 1 aliphatic heterocycles. The second-order valence-electron chi connectivity index (χ2n) is 9.53. The molecule has 0 atom stereocenters. The number of nitrogens with one attached hydrogen (secondary N) is 1. The number of anilines is 3. The van der Waals surface area contributed by atoms with Crippen molar-refractivity contribution in [1.82, 2.24) is 0 Å². The van der Waals surface area contributed by atoms with E-state index in [-0.39, 0.29) is 35.8 Å². The number of rotatable bonds is 9. The quantitative estimate of drug-likeness (QED) is 0.229. The first-order valence-electron chi connectivity index (χ1n) is 12.9. The molecule has 3 aromatic rings. The van der Waals surface area contributed by atoms with E-state index in [2.05, 4.69) is 31.0 Å². The van der Waals surface area contributed by atoms with E-state index in [4.69, 9.17) is 4.74 Å². The first-order chi connectivity index (χ1) is 19.5. The topological polar surface area (TPSA) is 91.3 Å². The fraction of sp³-hybridized carbons (Fsp3) is 0.310. The van der Waals surface area contributed by atoms with Crippen LogP contribution in [-0.2, 0) is 11.2 Å². The van der Waals surface area contributed by atoms with Crippen molar-refractivity contribution in [1.29, 1.82) is 0 Å². The molecular formula is C29H30BrClF3N3O5. The van der Waals surface area contributed by atoms with Crippen molar-refractivity contribution in [3.63, 3.8) is 0 Å². The summed E-state index contributed by atoms with van der Waals surface area (Å²) in [5.74, 6) is -1.97. The van der Waals surface area contributed by atoms with Crippen LogP contribution in [0.4, 0.5) is 30.2 Å². The number of halogens is 5. The number of hydrogen-bond donors (Lipinski definition) is 2. The number of methoxy groups -OCH3 is 1. The number of hydrogen-bond acceptors (Lipinski definition) is 6. The lowest BCUT2D eigenvalue weighted by atomic mass is 10.1.